The molecular weight excluding hydrogens is 408 g/mol. The monoisotopic (exact) mass is 428 g/mol. The van der Waals surface area contributed by atoms with E-state index in [9.17, 15) is 18.6 Å². The average Bonchev–Trinajstić information content (AvgIpc) is 3.03. The zero-order valence-electron chi connectivity index (χ0n) is 16.8. The van der Waals surface area contributed by atoms with Gasteiger partial charge in [-0.05, 0) is 30.7 Å². The Kier molecular flexibility index (Phi) is 4.50. The van der Waals surface area contributed by atoms with E-state index >= 15 is 0 Å². The number of hydrazone groups is 1. The molecule has 0 bridgehead atoms. The Balaban J connectivity index is 2.21. The number of aryl methyl sites for hydroxylation is 1. The fourth-order valence-electron chi connectivity index (χ4n) is 3.85. The predicted octanol–water partition coefficient (Wildman–Crippen LogP) is 2.86. The van der Waals surface area contributed by atoms with Gasteiger partial charge < -0.3 is 19.7 Å². The first kappa shape index (κ1) is 19.8. The first-order chi connectivity index (χ1) is 14.2. The average molecular weight is 428 g/mol. The summed E-state index contributed by atoms with van der Waals surface area (Å²) in [6.45, 7) is 1.85. The lowest BCUT2D eigenvalue weighted by molar-refractivity contribution is 0.414. The summed E-state index contributed by atoms with van der Waals surface area (Å²) in [5.74, 6) is 0.551. The molecule has 0 saturated heterocycles. The van der Waals surface area contributed by atoms with Crippen molar-refractivity contribution in [1.29, 1.82) is 0 Å². The van der Waals surface area contributed by atoms with E-state index in [4.69, 9.17) is 9.47 Å². The minimum absolute atomic E-state index is 0.0929. The van der Waals surface area contributed by atoms with Gasteiger partial charge in [-0.15, -0.1) is 0 Å². The number of nitrogens with zero attached hydrogens (tertiary/aromatic N) is 1. The summed E-state index contributed by atoms with van der Waals surface area (Å²) >= 11 is 0. The Hall–Kier alpha value is -3.46. The van der Waals surface area contributed by atoms with Crippen LogP contribution in [-0.4, -0.2) is 44.8 Å². The largest absolute Gasteiger partial charge is 0.507 e. The molecule has 0 fully saturated rings. The van der Waals surface area contributed by atoms with E-state index in [1.165, 1.54) is 14.2 Å². The fraction of sp³-hybridized carbons (Fsp3) is 0.190. The molecule has 0 unspecified atom stereocenters. The van der Waals surface area contributed by atoms with Gasteiger partial charge in [-0.1, -0.05) is 12.1 Å². The summed E-state index contributed by atoms with van der Waals surface area (Å²) in [7, 11) is -0.701. The number of hydrogen-bond acceptors (Lipinski definition) is 7. The lowest BCUT2D eigenvalue weighted by atomic mass is 9.96. The van der Waals surface area contributed by atoms with Gasteiger partial charge in [0.25, 0.3) is 0 Å². The van der Waals surface area contributed by atoms with E-state index < -0.39 is 10.0 Å². The van der Waals surface area contributed by atoms with Crippen LogP contribution in [0.25, 0.3) is 21.9 Å². The third kappa shape index (κ3) is 2.89. The van der Waals surface area contributed by atoms with E-state index in [1.807, 2.05) is 6.92 Å². The first-order valence-corrected chi connectivity index (χ1v) is 10.9. The highest BCUT2D eigenvalue weighted by Gasteiger charge is 2.36. The van der Waals surface area contributed by atoms with Gasteiger partial charge in [0, 0.05) is 22.1 Å². The lowest BCUT2D eigenvalue weighted by Gasteiger charge is -2.15. The molecule has 0 heterocycles. The van der Waals surface area contributed by atoms with Crippen molar-refractivity contribution < 1.29 is 28.1 Å². The summed E-state index contributed by atoms with van der Waals surface area (Å²) in [6, 6.07) is 8.61. The second kappa shape index (κ2) is 6.81. The van der Waals surface area contributed by atoms with Crippen molar-refractivity contribution >= 4 is 26.5 Å². The van der Waals surface area contributed by atoms with E-state index in [-0.39, 0.29) is 22.8 Å². The van der Waals surface area contributed by atoms with Crippen LogP contribution in [-0.2, 0) is 10.0 Å². The molecule has 3 aromatic rings. The van der Waals surface area contributed by atoms with Crippen LogP contribution >= 0.6 is 0 Å². The van der Waals surface area contributed by atoms with Gasteiger partial charge in [-0.25, -0.2) is 13.2 Å². The molecule has 8 nitrogen and oxygen atoms in total. The van der Waals surface area contributed by atoms with E-state index in [0.717, 1.165) is 11.8 Å². The van der Waals surface area contributed by atoms with Crippen molar-refractivity contribution in [1.82, 2.24) is 4.83 Å². The fourth-order valence-corrected chi connectivity index (χ4v) is 4.11. The highest BCUT2D eigenvalue weighted by Crippen LogP contribution is 2.55. The van der Waals surface area contributed by atoms with E-state index in [2.05, 4.69) is 9.93 Å². The van der Waals surface area contributed by atoms with E-state index in [0.29, 0.717) is 39.0 Å². The van der Waals surface area contributed by atoms with Crippen molar-refractivity contribution in [3.63, 3.8) is 0 Å². The zero-order valence-corrected chi connectivity index (χ0v) is 17.6. The molecule has 0 aromatic heterocycles. The van der Waals surface area contributed by atoms with Gasteiger partial charge in [0.05, 0.1) is 31.4 Å². The Morgan fingerprint density at radius 1 is 0.967 bits per heavy atom. The molecule has 0 aliphatic heterocycles. The van der Waals surface area contributed by atoms with Gasteiger partial charge >= 0.3 is 0 Å². The topological polar surface area (TPSA) is 117 Å². The molecule has 9 heteroatoms. The number of phenolic OH excluding ortho intramolecular Hbond substituents is 2. The summed E-state index contributed by atoms with van der Waals surface area (Å²) in [4.78, 5) is 2.12. The quantitative estimate of drug-likeness (QED) is 0.340. The molecule has 0 radical (unpaired) electrons. The highest BCUT2D eigenvalue weighted by atomic mass is 32.2. The van der Waals surface area contributed by atoms with Crippen LogP contribution < -0.4 is 14.3 Å². The molecule has 0 spiro atoms. The molecule has 4 rings (SSSR count). The normalized spacial score (nSPS) is 13.9. The lowest BCUT2D eigenvalue weighted by Crippen LogP contribution is -2.18. The molecule has 3 N–H and O–H groups in total. The number of nitrogens with one attached hydrogen (secondary N) is 1. The molecule has 0 saturated carbocycles. The maximum atomic E-state index is 11.7. The molecule has 1 aliphatic carbocycles. The molecule has 0 amide bonds. The number of benzene rings is 3. The number of ether oxygens (including phenoxy) is 2. The van der Waals surface area contributed by atoms with Crippen molar-refractivity contribution in [2.45, 2.75) is 6.92 Å². The first-order valence-electron chi connectivity index (χ1n) is 8.96. The molecule has 3 aromatic carbocycles. The third-order valence-electron chi connectivity index (χ3n) is 4.99. The summed E-state index contributed by atoms with van der Waals surface area (Å²) in [5.41, 5.74) is 2.57. The summed E-state index contributed by atoms with van der Waals surface area (Å²) in [6.07, 6.45) is 0.978. The smallest absolute Gasteiger partial charge is 0.244 e. The zero-order chi connectivity index (χ0) is 21.8. The standard InChI is InChI=1S/C21H20N2O6S/c1-10-8-12-15(14(9-10)29-3)17-18(19(12)22-23-30(4,26)27)21(25)16-11(20(17)24)6-5-7-13(16)28-2/h5-9,23-25H,1-4H3/b22-19+. The molecular formula is C21H20N2O6S. The van der Waals surface area contributed by atoms with Crippen LogP contribution in [0.3, 0.4) is 0 Å². The van der Waals surface area contributed by atoms with Crippen molar-refractivity contribution in [2.75, 3.05) is 20.5 Å². The number of methoxy groups -OCH3 is 2. The van der Waals surface area contributed by atoms with Gasteiger partial charge in [0.1, 0.15) is 28.7 Å². The number of fused-ring (bicyclic) bond motifs is 4. The second-order valence-electron chi connectivity index (χ2n) is 7.04. The number of sulfonamides is 1. The van der Waals surface area contributed by atoms with Crippen LogP contribution in [0.2, 0.25) is 0 Å². The van der Waals surface area contributed by atoms with Gasteiger partial charge in [0.2, 0.25) is 10.0 Å². The Morgan fingerprint density at radius 3 is 2.30 bits per heavy atom. The van der Waals surface area contributed by atoms with Crippen LogP contribution in [0.5, 0.6) is 23.0 Å². The summed E-state index contributed by atoms with van der Waals surface area (Å²) < 4.78 is 34.3. The maximum absolute atomic E-state index is 11.7. The Labute approximate surface area is 173 Å². The van der Waals surface area contributed by atoms with Crippen molar-refractivity contribution in [2.24, 2.45) is 5.10 Å². The minimum Gasteiger partial charge on any atom is -0.507 e. The third-order valence-corrected chi connectivity index (χ3v) is 5.42. The SMILES string of the molecule is COc1cc(C)cc2c1-c1c(c(O)c3c(OC)cccc3c1O)/C2=N/NS(C)(=O)=O. The Bertz CT molecular complexity index is 1350. The number of phenols is 2. The van der Waals surface area contributed by atoms with Gasteiger partial charge in [0.15, 0.2) is 0 Å². The minimum atomic E-state index is -3.66. The van der Waals surface area contributed by atoms with Gasteiger partial charge in [-0.2, -0.15) is 5.10 Å². The van der Waals surface area contributed by atoms with E-state index in [1.54, 1.807) is 30.3 Å². The Morgan fingerprint density at radius 2 is 1.67 bits per heavy atom. The molecule has 30 heavy (non-hydrogen) atoms. The number of rotatable bonds is 4. The van der Waals surface area contributed by atoms with Crippen LogP contribution in [0.15, 0.2) is 35.4 Å². The van der Waals surface area contributed by atoms with Crippen LogP contribution in [0, 0.1) is 6.92 Å². The molecule has 156 valence electrons. The van der Waals surface area contributed by atoms with Gasteiger partial charge in [-0.3, -0.25) is 0 Å². The van der Waals surface area contributed by atoms with Crippen molar-refractivity contribution in [3.05, 3.63) is 47.0 Å². The van der Waals surface area contributed by atoms with Crippen LogP contribution in [0.1, 0.15) is 16.7 Å². The number of aromatic hydroxyl groups is 2. The van der Waals surface area contributed by atoms with Crippen LogP contribution in [0.4, 0.5) is 0 Å². The molecule has 1 aliphatic rings. The number of hydrogen-bond donors (Lipinski definition) is 3. The highest BCUT2D eigenvalue weighted by molar-refractivity contribution is 7.88. The molecule has 0 atom stereocenters. The summed E-state index contributed by atoms with van der Waals surface area (Å²) in [5, 5.41) is 27.2. The van der Waals surface area contributed by atoms with Crippen molar-refractivity contribution in [3.8, 4) is 34.1 Å². The second-order valence-corrected chi connectivity index (χ2v) is 8.77. The predicted molar refractivity (Wildman–Crippen MR) is 114 cm³/mol. The maximum Gasteiger partial charge on any atom is 0.244 e.